The Labute approximate surface area is 283 Å². The van der Waals surface area contributed by atoms with E-state index in [0.29, 0.717) is 19.3 Å². The molecule has 0 heterocycles. The maximum absolute atomic E-state index is 13.2. The molecular weight excluding hydrogens is 578 g/mol. The fraction of sp³-hybridized carbons (Fsp3) is 0.923. The molecule has 46 heavy (non-hydrogen) atoms. The monoisotopic (exact) mass is 654 g/mol. The number of carbonyl (C=O) groups is 3. The smallest absolute Gasteiger partial charge is 0.252 e. The van der Waals surface area contributed by atoms with Crippen molar-refractivity contribution in [2.45, 2.75) is 225 Å². The first-order chi connectivity index (χ1) is 22.3. The van der Waals surface area contributed by atoms with Crippen molar-refractivity contribution in [3.63, 3.8) is 0 Å². The van der Waals surface area contributed by atoms with Gasteiger partial charge in [-0.15, -0.1) is 0 Å². The van der Waals surface area contributed by atoms with E-state index in [1.165, 1.54) is 109 Å². The van der Waals surface area contributed by atoms with E-state index in [9.17, 15) is 29.7 Å². The number of hydrogen-bond acceptors (Lipinski definition) is 6. The molecule has 3 unspecified atom stereocenters. The molecule has 0 aliphatic rings. The third kappa shape index (κ3) is 21.5. The maximum Gasteiger partial charge on any atom is 0.252 e. The molecular formula is C39H75NO6. The lowest BCUT2D eigenvalue weighted by atomic mass is 9.80. The SMILES string of the molecule is CCCCCCCCCCCCCCCC(=O)C(O)C(O)(C(=O)CCCCCCCCCCCCCCC)C(O)C(=O)NCCC. The number of carbonyl (C=O) groups excluding carboxylic acids is 3. The Bertz CT molecular complexity index is 744. The van der Waals surface area contributed by atoms with E-state index in [1.807, 2.05) is 6.92 Å². The van der Waals surface area contributed by atoms with Crippen LogP contribution in [0.3, 0.4) is 0 Å². The molecule has 0 fully saturated rings. The average Bonchev–Trinajstić information content (AvgIpc) is 3.06. The van der Waals surface area contributed by atoms with Crippen LogP contribution >= 0.6 is 0 Å². The van der Waals surface area contributed by atoms with E-state index >= 15 is 0 Å². The summed E-state index contributed by atoms with van der Waals surface area (Å²) in [5.74, 6) is -2.50. The minimum atomic E-state index is -2.84. The van der Waals surface area contributed by atoms with E-state index in [-0.39, 0.29) is 19.4 Å². The molecule has 0 bridgehead atoms. The quantitative estimate of drug-likeness (QED) is 0.0506. The van der Waals surface area contributed by atoms with Gasteiger partial charge >= 0.3 is 0 Å². The highest BCUT2D eigenvalue weighted by Gasteiger charge is 2.54. The molecule has 272 valence electrons. The van der Waals surface area contributed by atoms with Crippen molar-refractivity contribution in [3.8, 4) is 0 Å². The van der Waals surface area contributed by atoms with Gasteiger partial charge < -0.3 is 20.6 Å². The lowest BCUT2D eigenvalue weighted by molar-refractivity contribution is -0.182. The zero-order valence-electron chi connectivity index (χ0n) is 30.4. The van der Waals surface area contributed by atoms with Gasteiger partial charge in [0.2, 0.25) is 0 Å². The molecule has 0 rings (SSSR count). The number of hydrogen-bond donors (Lipinski definition) is 4. The summed E-state index contributed by atoms with van der Waals surface area (Å²) in [6.07, 6.45) is 26.1. The highest BCUT2D eigenvalue weighted by Crippen LogP contribution is 2.25. The van der Waals surface area contributed by atoms with E-state index < -0.39 is 35.3 Å². The van der Waals surface area contributed by atoms with Crippen LogP contribution in [0.2, 0.25) is 0 Å². The van der Waals surface area contributed by atoms with Crippen LogP contribution in [0.1, 0.15) is 207 Å². The summed E-state index contributed by atoms with van der Waals surface area (Å²) in [6.45, 7) is 6.56. The molecule has 0 aliphatic heterocycles. The second-order valence-corrected chi connectivity index (χ2v) is 13.8. The number of nitrogens with one attached hydrogen (secondary N) is 1. The molecule has 0 aromatic heterocycles. The number of ketones is 2. The summed E-state index contributed by atoms with van der Waals surface area (Å²) < 4.78 is 0. The second kappa shape index (κ2) is 31.0. The summed E-state index contributed by atoms with van der Waals surface area (Å²) in [7, 11) is 0. The van der Waals surface area contributed by atoms with Crippen LogP contribution in [0.4, 0.5) is 0 Å². The highest BCUT2D eigenvalue weighted by molar-refractivity contribution is 6.01. The number of aliphatic hydroxyl groups is 3. The molecule has 0 spiro atoms. The van der Waals surface area contributed by atoms with Crippen molar-refractivity contribution >= 4 is 17.5 Å². The van der Waals surface area contributed by atoms with Crippen molar-refractivity contribution in [2.75, 3.05) is 6.54 Å². The van der Waals surface area contributed by atoms with Gasteiger partial charge in [0.1, 0.15) is 0 Å². The first-order valence-corrected chi connectivity index (χ1v) is 19.7. The Morgan fingerprint density at radius 3 is 1.15 bits per heavy atom. The molecule has 7 nitrogen and oxygen atoms in total. The van der Waals surface area contributed by atoms with Crippen molar-refractivity contribution in [2.24, 2.45) is 0 Å². The van der Waals surface area contributed by atoms with Gasteiger partial charge in [0.15, 0.2) is 29.4 Å². The van der Waals surface area contributed by atoms with Crippen LogP contribution in [-0.4, -0.2) is 57.1 Å². The molecule has 0 aromatic rings. The fourth-order valence-corrected chi connectivity index (χ4v) is 6.20. The van der Waals surface area contributed by atoms with E-state index in [1.54, 1.807) is 0 Å². The van der Waals surface area contributed by atoms with Crippen molar-refractivity contribution in [1.29, 1.82) is 0 Å². The third-order valence-electron chi connectivity index (χ3n) is 9.42. The molecule has 7 heteroatoms. The minimum absolute atomic E-state index is 0.00342. The topological polar surface area (TPSA) is 124 Å². The van der Waals surface area contributed by atoms with Gasteiger partial charge in [0, 0.05) is 19.4 Å². The van der Waals surface area contributed by atoms with E-state index in [0.717, 1.165) is 44.9 Å². The zero-order valence-corrected chi connectivity index (χ0v) is 30.4. The zero-order chi connectivity index (χ0) is 34.3. The molecule has 0 aromatic carbocycles. The van der Waals surface area contributed by atoms with Crippen molar-refractivity contribution in [3.05, 3.63) is 0 Å². The molecule has 4 N–H and O–H groups in total. The molecule has 3 atom stereocenters. The predicted molar refractivity (Wildman–Crippen MR) is 191 cm³/mol. The summed E-state index contributed by atoms with van der Waals surface area (Å²) >= 11 is 0. The van der Waals surface area contributed by atoms with Crippen LogP contribution in [0.15, 0.2) is 0 Å². The van der Waals surface area contributed by atoms with Crippen LogP contribution in [-0.2, 0) is 14.4 Å². The first-order valence-electron chi connectivity index (χ1n) is 19.7. The molecule has 0 saturated heterocycles. The van der Waals surface area contributed by atoms with Gasteiger partial charge in [-0.3, -0.25) is 14.4 Å². The van der Waals surface area contributed by atoms with Crippen molar-refractivity contribution in [1.82, 2.24) is 5.32 Å². The van der Waals surface area contributed by atoms with Crippen LogP contribution in [0.25, 0.3) is 0 Å². The number of aliphatic hydroxyl groups excluding tert-OH is 2. The fourth-order valence-electron chi connectivity index (χ4n) is 6.20. The predicted octanol–water partition coefficient (Wildman–Crippen LogP) is 9.07. The maximum atomic E-state index is 13.2. The average molecular weight is 654 g/mol. The van der Waals surface area contributed by atoms with Gasteiger partial charge in [-0.25, -0.2) is 0 Å². The molecule has 0 aliphatic carbocycles. The van der Waals surface area contributed by atoms with Gasteiger partial charge in [0.05, 0.1) is 0 Å². The molecule has 0 saturated carbocycles. The third-order valence-corrected chi connectivity index (χ3v) is 9.42. The second-order valence-electron chi connectivity index (χ2n) is 13.8. The molecule has 1 amide bonds. The van der Waals surface area contributed by atoms with Gasteiger partial charge in [-0.2, -0.15) is 0 Å². The summed E-state index contributed by atoms with van der Waals surface area (Å²) in [5, 5.41) is 35.4. The first kappa shape index (κ1) is 44.7. The molecule has 0 radical (unpaired) electrons. The van der Waals surface area contributed by atoms with Crippen LogP contribution in [0.5, 0.6) is 0 Å². The standard InChI is InChI=1S/C39H75NO6/c1-4-7-9-11-13-15-17-19-21-23-25-27-29-31-34(41)36(43)39(46,37(44)38(45)40-33-6-3)35(42)32-30-28-26-24-22-20-18-16-14-12-10-8-5-2/h36-37,43-44,46H,4-33H2,1-3H3,(H,40,45). The number of Topliss-reactive ketones (excluding diaryl/α,β-unsaturated/α-hetero) is 2. The van der Waals surface area contributed by atoms with E-state index in [2.05, 4.69) is 19.2 Å². The Morgan fingerprint density at radius 1 is 0.478 bits per heavy atom. The minimum Gasteiger partial charge on any atom is -0.382 e. The van der Waals surface area contributed by atoms with Crippen LogP contribution in [0, 0.1) is 0 Å². The van der Waals surface area contributed by atoms with Gasteiger partial charge in [-0.05, 0) is 19.3 Å². The Hall–Kier alpha value is -1.31. The summed E-state index contributed by atoms with van der Waals surface area (Å²) in [6, 6.07) is 0. The normalized spacial score (nSPS) is 14.1. The van der Waals surface area contributed by atoms with Gasteiger partial charge in [-0.1, -0.05) is 175 Å². The van der Waals surface area contributed by atoms with E-state index in [4.69, 9.17) is 0 Å². The number of rotatable bonds is 35. The Kier molecular flexibility index (Phi) is 30.1. The van der Waals surface area contributed by atoms with Crippen molar-refractivity contribution < 1.29 is 29.7 Å². The number of unbranched alkanes of at least 4 members (excludes halogenated alkanes) is 24. The Balaban J connectivity index is 4.54. The lowest BCUT2D eigenvalue weighted by Crippen LogP contribution is -2.64. The summed E-state index contributed by atoms with van der Waals surface area (Å²) in [5.41, 5.74) is -2.84. The highest BCUT2D eigenvalue weighted by atomic mass is 16.4. The van der Waals surface area contributed by atoms with Gasteiger partial charge in [0.25, 0.3) is 5.91 Å². The largest absolute Gasteiger partial charge is 0.382 e. The Morgan fingerprint density at radius 2 is 0.804 bits per heavy atom. The summed E-state index contributed by atoms with van der Waals surface area (Å²) in [4.78, 5) is 38.7. The lowest BCUT2D eigenvalue weighted by Gasteiger charge is -2.34. The number of amides is 1. The van der Waals surface area contributed by atoms with Crippen LogP contribution < -0.4 is 5.32 Å².